The van der Waals surface area contributed by atoms with Crippen molar-refractivity contribution in [3.63, 3.8) is 0 Å². The molecule has 24 heavy (non-hydrogen) atoms. The summed E-state index contributed by atoms with van der Waals surface area (Å²) in [4.78, 5) is 31.3. The summed E-state index contributed by atoms with van der Waals surface area (Å²) in [5.41, 5.74) is 1.70. The second-order valence-corrected chi connectivity index (χ2v) is 5.53. The Kier molecular flexibility index (Phi) is 5.47. The first kappa shape index (κ1) is 17.4. The van der Waals surface area contributed by atoms with Crippen molar-refractivity contribution in [1.29, 1.82) is 0 Å². The molecule has 1 amide bonds. The number of ether oxygens (including phenoxy) is 1. The van der Waals surface area contributed by atoms with E-state index in [0.29, 0.717) is 28.5 Å². The Hall–Kier alpha value is -2.96. The van der Waals surface area contributed by atoms with Gasteiger partial charge in [-0.25, -0.2) is 14.8 Å². The van der Waals surface area contributed by atoms with Gasteiger partial charge in [-0.2, -0.15) is 0 Å². The molecule has 0 spiro atoms. The lowest BCUT2D eigenvalue weighted by Gasteiger charge is -2.12. The monoisotopic (exact) mass is 329 g/mol. The number of carbonyl (C=O) groups excluding carboxylic acids is 1. The summed E-state index contributed by atoms with van der Waals surface area (Å²) in [7, 11) is 0. The number of carboxylic acid groups (broad SMARTS) is 1. The van der Waals surface area contributed by atoms with Crippen LogP contribution in [0.3, 0.4) is 0 Å². The summed E-state index contributed by atoms with van der Waals surface area (Å²) < 4.78 is 5.04. The molecular formula is C17H19N3O4. The number of hydrogen-bond acceptors (Lipinski definition) is 5. The molecule has 0 aliphatic carbocycles. The SMILES string of the molecule is Cc1ncc(C(=O)Nc2ccc(OCC(=O)O)cc2)c(C(C)C)n1. The molecule has 0 fully saturated rings. The normalized spacial score (nSPS) is 10.5. The molecule has 0 aliphatic rings. The molecule has 0 unspecified atom stereocenters. The molecule has 1 heterocycles. The molecule has 126 valence electrons. The average Bonchev–Trinajstić information content (AvgIpc) is 2.53. The lowest BCUT2D eigenvalue weighted by Crippen LogP contribution is -2.17. The predicted molar refractivity (Wildman–Crippen MR) is 88.4 cm³/mol. The Morgan fingerprint density at radius 2 is 1.92 bits per heavy atom. The standard InChI is InChI=1S/C17H19N3O4/c1-10(2)16-14(8-18-11(3)19-16)17(23)20-12-4-6-13(7-5-12)24-9-15(21)22/h4-8,10H,9H2,1-3H3,(H,20,23)(H,21,22). The van der Waals surface area contributed by atoms with E-state index >= 15 is 0 Å². The number of carbonyl (C=O) groups is 2. The fourth-order valence-electron chi connectivity index (χ4n) is 2.08. The Labute approximate surface area is 139 Å². The van der Waals surface area contributed by atoms with E-state index in [1.165, 1.54) is 6.20 Å². The Morgan fingerprint density at radius 3 is 2.50 bits per heavy atom. The van der Waals surface area contributed by atoms with Crippen LogP contribution in [-0.2, 0) is 4.79 Å². The zero-order valence-corrected chi connectivity index (χ0v) is 13.7. The largest absolute Gasteiger partial charge is 0.482 e. The minimum atomic E-state index is -1.05. The van der Waals surface area contributed by atoms with Crippen molar-refractivity contribution in [1.82, 2.24) is 9.97 Å². The number of aryl methyl sites for hydroxylation is 1. The van der Waals surface area contributed by atoms with Gasteiger partial charge >= 0.3 is 5.97 Å². The van der Waals surface area contributed by atoms with E-state index in [2.05, 4.69) is 15.3 Å². The van der Waals surface area contributed by atoms with E-state index in [1.807, 2.05) is 13.8 Å². The second-order valence-electron chi connectivity index (χ2n) is 5.53. The Balaban J connectivity index is 2.11. The van der Waals surface area contributed by atoms with Crippen LogP contribution in [0.4, 0.5) is 5.69 Å². The van der Waals surface area contributed by atoms with E-state index < -0.39 is 12.6 Å². The van der Waals surface area contributed by atoms with Crippen molar-refractivity contribution in [2.24, 2.45) is 0 Å². The highest BCUT2D eigenvalue weighted by Crippen LogP contribution is 2.20. The molecule has 7 nitrogen and oxygen atoms in total. The maximum Gasteiger partial charge on any atom is 0.341 e. The van der Waals surface area contributed by atoms with Gasteiger partial charge < -0.3 is 15.2 Å². The highest BCUT2D eigenvalue weighted by molar-refractivity contribution is 6.04. The van der Waals surface area contributed by atoms with Gasteiger partial charge in [-0.1, -0.05) is 13.8 Å². The highest BCUT2D eigenvalue weighted by atomic mass is 16.5. The van der Waals surface area contributed by atoms with E-state index in [4.69, 9.17) is 9.84 Å². The lowest BCUT2D eigenvalue weighted by molar-refractivity contribution is -0.139. The number of carboxylic acids is 1. The van der Waals surface area contributed by atoms with E-state index in [1.54, 1.807) is 31.2 Å². The molecule has 0 aliphatic heterocycles. The van der Waals surface area contributed by atoms with Gasteiger partial charge in [0.25, 0.3) is 5.91 Å². The van der Waals surface area contributed by atoms with Crippen LogP contribution in [-0.4, -0.2) is 33.6 Å². The molecule has 0 radical (unpaired) electrons. The molecule has 0 saturated carbocycles. The third-order valence-electron chi connectivity index (χ3n) is 3.20. The summed E-state index contributed by atoms with van der Waals surface area (Å²) in [6.45, 7) is 5.30. The van der Waals surface area contributed by atoms with Gasteiger partial charge in [-0.3, -0.25) is 4.79 Å². The number of rotatable bonds is 6. The average molecular weight is 329 g/mol. The van der Waals surface area contributed by atoms with Crippen molar-refractivity contribution in [3.8, 4) is 5.75 Å². The highest BCUT2D eigenvalue weighted by Gasteiger charge is 2.16. The van der Waals surface area contributed by atoms with Gasteiger partial charge in [0.2, 0.25) is 0 Å². The van der Waals surface area contributed by atoms with Crippen molar-refractivity contribution in [2.45, 2.75) is 26.7 Å². The van der Waals surface area contributed by atoms with Gasteiger partial charge in [-0.15, -0.1) is 0 Å². The number of amides is 1. The van der Waals surface area contributed by atoms with Crippen LogP contribution in [0, 0.1) is 6.92 Å². The summed E-state index contributed by atoms with van der Waals surface area (Å²) in [6, 6.07) is 6.46. The number of nitrogens with one attached hydrogen (secondary N) is 1. The molecule has 2 aromatic rings. The first-order chi connectivity index (χ1) is 11.4. The quantitative estimate of drug-likeness (QED) is 0.845. The molecule has 0 bridgehead atoms. The second kappa shape index (κ2) is 7.54. The van der Waals surface area contributed by atoms with Crippen molar-refractivity contribution >= 4 is 17.6 Å². The lowest BCUT2D eigenvalue weighted by atomic mass is 10.0. The van der Waals surface area contributed by atoms with Crippen molar-refractivity contribution in [3.05, 3.63) is 47.5 Å². The van der Waals surface area contributed by atoms with Crippen molar-refractivity contribution in [2.75, 3.05) is 11.9 Å². The summed E-state index contributed by atoms with van der Waals surface area (Å²) in [5, 5.41) is 11.3. The fraction of sp³-hybridized carbons (Fsp3) is 0.294. The zero-order valence-electron chi connectivity index (χ0n) is 13.7. The number of anilines is 1. The topological polar surface area (TPSA) is 101 Å². The first-order valence-corrected chi connectivity index (χ1v) is 7.46. The maximum atomic E-state index is 12.5. The van der Waals surface area contributed by atoms with Gasteiger partial charge in [0.15, 0.2) is 6.61 Å². The summed E-state index contributed by atoms with van der Waals surface area (Å²) in [6.07, 6.45) is 1.53. The van der Waals surface area contributed by atoms with Gasteiger partial charge in [-0.05, 0) is 37.1 Å². The molecule has 7 heteroatoms. The molecule has 1 aromatic carbocycles. The van der Waals surface area contributed by atoms with E-state index in [-0.39, 0.29) is 11.8 Å². The Bertz CT molecular complexity index is 742. The summed E-state index contributed by atoms with van der Waals surface area (Å²) in [5.74, 6) is -0.211. The van der Waals surface area contributed by atoms with Gasteiger partial charge in [0.1, 0.15) is 11.6 Å². The molecule has 0 saturated heterocycles. The van der Waals surface area contributed by atoms with E-state index in [9.17, 15) is 9.59 Å². The first-order valence-electron chi connectivity index (χ1n) is 7.46. The minimum absolute atomic E-state index is 0.0965. The fourth-order valence-corrected chi connectivity index (χ4v) is 2.08. The summed E-state index contributed by atoms with van der Waals surface area (Å²) >= 11 is 0. The number of hydrogen-bond donors (Lipinski definition) is 2. The third-order valence-corrected chi connectivity index (χ3v) is 3.20. The van der Waals surface area contributed by atoms with Crippen molar-refractivity contribution < 1.29 is 19.4 Å². The predicted octanol–water partition coefficient (Wildman–Crippen LogP) is 2.62. The molecule has 2 rings (SSSR count). The van der Waals surface area contributed by atoms with Crippen LogP contribution in [0.15, 0.2) is 30.5 Å². The zero-order chi connectivity index (χ0) is 17.7. The molecule has 1 aromatic heterocycles. The third kappa shape index (κ3) is 4.52. The number of aromatic nitrogens is 2. The number of benzene rings is 1. The van der Waals surface area contributed by atoms with Crippen LogP contribution in [0.2, 0.25) is 0 Å². The van der Waals surface area contributed by atoms with Crippen LogP contribution >= 0.6 is 0 Å². The van der Waals surface area contributed by atoms with Crippen LogP contribution < -0.4 is 10.1 Å². The molecule has 0 atom stereocenters. The van der Waals surface area contributed by atoms with Gasteiger partial charge in [0.05, 0.1) is 11.3 Å². The molecular weight excluding hydrogens is 310 g/mol. The van der Waals surface area contributed by atoms with E-state index in [0.717, 1.165) is 0 Å². The van der Waals surface area contributed by atoms with Crippen LogP contribution in [0.25, 0.3) is 0 Å². The van der Waals surface area contributed by atoms with Crippen LogP contribution in [0.1, 0.15) is 41.6 Å². The van der Waals surface area contributed by atoms with Gasteiger partial charge in [0, 0.05) is 11.9 Å². The minimum Gasteiger partial charge on any atom is -0.482 e. The number of nitrogens with zero attached hydrogens (tertiary/aromatic N) is 2. The number of aliphatic carboxylic acids is 1. The van der Waals surface area contributed by atoms with Crippen LogP contribution in [0.5, 0.6) is 5.75 Å². The maximum absolute atomic E-state index is 12.5. The Morgan fingerprint density at radius 1 is 1.25 bits per heavy atom. The molecule has 2 N–H and O–H groups in total. The smallest absolute Gasteiger partial charge is 0.341 e.